The first-order valence-corrected chi connectivity index (χ1v) is 7.14. The van der Waals surface area contributed by atoms with Crippen molar-refractivity contribution in [3.63, 3.8) is 0 Å². The van der Waals surface area contributed by atoms with E-state index in [9.17, 15) is 4.79 Å². The minimum Gasteiger partial charge on any atom is -0.497 e. The van der Waals surface area contributed by atoms with Crippen molar-refractivity contribution in [3.8, 4) is 5.75 Å². The number of nitrogens with zero attached hydrogens (tertiary/aromatic N) is 1. The van der Waals surface area contributed by atoms with Gasteiger partial charge in [-0.25, -0.2) is 0 Å². The van der Waals surface area contributed by atoms with E-state index in [4.69, 9.17) is 22.1 Å². The second-order valence-corrected chi connectivity index (χ2v) is 6.12. The quantitative estimate of drug-likeness (QED) is 0.882. The van der Waals surface area contributed by atoms with Crippen molar-refractivity contribution in [2.45, 2.75) is 6.54 Å². The van der Waals surface area contributed by atoms with Crippen molar-refractivity contribution in [1.29, 1.82) is 0 Å². The summed E-state index contributed by atoms with van der Waals surface area (Å²) < 4.78 is 5.78. The Morgan fingerprint density at radius 3 is 2.70 bits per heavy atom. The van der Waals surface area contributed by atoms with Crippen LogP contribution in [0.2, 0.25) is 4.34 Å². The summed E-state index contributed by atoms with van der Waals surface area (Å²) in [5, 5.41) is 0. The van der Waals surface area contributed by atoms with Crippen LogP contribution in [-0.4, -0.2) is 25.0 Å². The van der Waals surface area contributed by atoms with E-state index in [1.807, 2.05) is 12.1 Å². The van der Waals surface area contributed by atoms with Crippen LogP contribution < -0.4 is 10.5 Å². The van der Waals surface area contributed by atoms with Crippen molar-refractivity contribution >= 4 is 34.5 Å². The number of nitrogen functional groups attached to an aromatic ring is 1. The van der Waals surface area contributed by atoms with Gasteiger partial charge in [-0.15, -0.1) is 11.3 Å². The van der Waals surface area contributed by atoms with E-state index < -0.39 is 0 Å². The lowest BCUT2D eigenvalue weighted by atomic mass is 10.1. The smallest absolute Gasteiger partial charge is 0.256 e. The summed E-state index contributed by atoms with van der Waals surface area (Å²) in [5.41, 5.74) is 6.76. The molecule has 1 aromatic carbocycles. The van der Waals surface area contributed by atoms with Crippen LogP contribution >= 0.6 is 22.9 Å². The largest absolute Gasteiger partial charge is 0.497 e. The van der Waals surface area contributed by atoms with Crippen LogP contribution in [0.15, 0.2) is 30.3 Å². The predicted molar refractivity (Wildman–Crippen MR) is 82.5 cm³/mol. The molecule has 0 spiro atoms. The fraction of sp³-hybridized carbons (Fsp3) is 0.214. The minimum absolute atomic E-state index is 0.130. The standard InChI is InChI=1S/C14H15ClN2O2S/c1-17(8-10-4-6-13(15)20-10)14(18)11-5-3-9(19-2)7-12(11)16/h3-7H,8,16H2,1-2H3. The van der Waals surface area contributed by atoms with Gasteiger partial charge in [0.2, 0.25) is 0 Å². The lowest BCUT2D eigenvalue weighted by Crippen LogP contribution is -2.26. The molecule has 0 aliphatic carbocycles. The second-order valence-electron chi connectivity index (χ2n) is 4.32. The number of amides is 1. The number of carbonyl (C=O) groups is 1. The number of carbonyl (C=O) groups excluding carboxylic acids is 1. The van der Waals surface area contributed by atoms with Gasteiger partial charge in [0, 0.05) is 23.7 Å². The van der Waals surface area contributed by atoms with Gasteiger partial charge in [0.05, 0.1) is 23.6 Å². The van der Waals surface area contributed by atoms with Gasteiger partial charge in [-0.1, -0.05) is 11.6 Å². The van der Waals surface area contributed by atoms with Crippen molar-refractivity contribution < 1.29 is 9.53 Å². The monoisotopic (exact) mass is 310 g/mol. The number of hydrogen-bond donors (Lipinski definition) is 1. The van der Waals surface area contributed by atoms with Crippen molar-refractivity contribution in [1.82, 2.24) is 4.90 Å². The molecule has 0 aliphatic heterocycles. The number of nitrogens with two attached hydrogens (primary N) is 1. The highest BCUT2D eigenvalue weighted by atomic mass is 35.5. The van der Waals surface area contributed by atoms with Crippen LogP contribution in [0.4, 0.5) is 5.69 Å². The number of methoxy groups -OCH3 is 1. The van der Waals surface area contributed by atoms with Gasteiger partial charge in [-0.3, -0.25) is 4.79 Å². The van der Waals surface area contributed by atoms with E-state index in [1.165, 1.54) is 11.3 Å². The molecule has 2 rings (SSSR count). The van der Waals surface area contributed by atoms with Crippen LogP contribution in [0.3, 0.4) is 0 Å². The average Bonchev–Trinajstić information content (AvgIpc) is 2.83. The van der Waals surface area contributed by atoms with E-state index in [-0.39, 0.29) is 5.91 Å². The van der Waals surface area contributed by atoms with Crippen LogP contribution in [-0.2, 0) is 6.54 Å². The number of rotatable bonds is 4. The molecule has 1 heterocycles. The molecule has 0 radical (unpaired) electrons. The summed E-state index contributed by atoms with van der Waals surface area (Å²) >= 11 is 7.34. The van der Waals surface area contributed by atoms with Gasteiger partial charge in [0.25, 0.3) is 5.91 Å². The molecule has 20 heavy (non-hydrogen) atoms. The average molecular weight is 311 g/mol. The Hall–Kier alpha value is -1.72. The van der Waals surface area contributed by atoms with Crippen LogP contribution in [0.1, 0.15) is 15.2 Å². The Morgan fingerprint density at radius 1 is 1.40 bits per heavy atom. The maximum absolute atomic E-state index is 12.4. The Bertz CT molecular complexity index is 627. The van der Waals surface area contributed by atoms with E-state index in [0.29, 0.717) is 27.9 Å². The normalized spacial score (nSPS) is 10.3. The minimum atomic E-state index is -0.130. The fourth-order valence-corrected chi connectivity index (χ4v) is 2.95. The van der Waals surface area contributed by atoms with E-state index >= 15 is 0 Å². The number of benzene rings is 1. The zero-order chi connectivity index (χ0) is 14.7. The Kier molecular flexibility index (Phi) is 4.52. The Morgan fingerprint density at radius 2 is 2.15 bits per heavy atom. The summed E-state index contributed by atoms with van der Waals surface area (Å²) in [6.07, 6.45) is 0. The Labute approximate surface area is 126 Å². The highest BCUT2D eigenvalue weighted by Crippen LogP contribution is 2.24. The zero-order valence-electron chi connectivity index (χ0n) is 11.2. The van der Waals surface area contributed by atoms with Crippen molar-refractivity contribution in [3.05, 3.63) is 45.1 Å². The molecule has 0 aliphatic rings. The molecule has 0 atom stereocenters. The zero-order valence-corrected chi connectivity index (χ0v) is 12.8. The predicted octanol–water partition coefficient (Wildman–Crippen LogP) is 3.26. The summed E-state index contributed by atoms with van der Waals surface area (Å²) in [5.74, 6) is 0.501. The molecule has 1 aromatic heterocycles. The number of anilines is 1. The number of halogens is 1. The molecule has 0 fully saturated rings. The van der Waals surface area contributed by atoms with Gasteiger partial charge in [-0.05, 0) is 24.3 Å². The topological polar surface area (TPSA) is 55.6 Å². The first-order valence-electron chi connectivity index (χ1n) is 5.94. The molecular formula is C14H15ClN2O2S. The molecule has 0 saturated carbocycles. The molecule has 6 heteroatoms. The fourth-order valence-electron chi connectivity index (χ4n) is 1.81. The molecule has 2 N–H and O–H groups in total. The molecule has 4 nitrogen and oxygen atoms in total. The first-order chi connectivity index (χ1) is 9.51. The maximum atomic E-state index is 12.4. The molecule has 0 bridgehead atoms. The van der Waals surface area contributed by atoms with Gasteiger partial charge in [0.1, 0.15) is 5.75 Å². The van der Waals surface area contributed by atoms with Crippen LogP contribution in [0, 0.1) is 0 Å². The van der Waals surface area contributed by atoms with Crippen molar-refractivity contribution in [2.75, 3.05) is 19.9 Å². The van der Waals surface area contributed by atoms with E-state index in [0.717, 1.165) is 4.88 Å². The SMILES string of the molecule is COc1ccc(C(=O)N(C)Cc2ccc(Cl)s2)c(N)c1. The molecule has 0 unspecified atom stereocenters. The van der Waals surface area contributed by atoms with Crippen LogP contribution in [0.5, 0.6) is 5.75 Å². The molecule has 106 valence electrons. The van der Waals surface area contributed by atoms with Gasteiger partial charge >= 0.3 is 0 Å². The van der Waals surface area contributed by atoms with Gasteiger partial charge in [-0.2, -0.15) is 0 Å². The molecular weight excluding hydrogens is 296 g/mol. The molecule has 2 aromatic rings. The highest BCUT2D eigenvalue weighted by Gasteiger charge is 2.16. The lowest BCUT2D eigenvalue weighted by molar-refractivity contribution is 0.0787. The third kappa shape index (κ3) is 3.23. The van der Waals surface area contributed by atoms with Crippen molar-refractivity contribution in [2.24, 2.45) is 0 Å². The molecule has 0 saturated heterocycles. The van der Waals surface area contributed by atoms with Gasteiger partial charge < -0.3 is 15.4 Å². The lowest BCUT2D eigenvalue weighted by Gasteiger charge is -2.17. The second kappa shape index (κ2) is 6.15. The highest BCUT2D eigenvalue weighted by molar-refractivity contribution is 7.16. The van der Waals surface area contributed by atoms with E-state index in [1.54, 1.807) is 37.3 Å². The Balaban J connectivity index is 2.14. The number of ether oxygens (including phenoxy) is 1. The third-order valence-corrected chi connectivity index (χ3v) is 4.07. The summed E-state index contributed by atoms with van der Waals surface area (Å²) in [6, 6.07) is 8.77. The van der Waals surface area contributed by atoms with Gasteiger partial charge in [0.15, 0.2) is 0 Å². The number of hydrogen-bond acceptors (Lipinski definition) is 4. The van der Waals surface area contributed by atoms with Crippen LogP contribution in [0.25, 0.3) is 0 Å². The number of thiophene rings is 1. The summed E-state index contributed by atoms with van der Waals surface area (Å²) in [7, 11) is 3.29. The summed E-state index contributed by atoms with van der Waals surface area (Å²) in [6.45, 7) is 0.502. The maximum Gasteiger partial charge on any atom is 0.256 e. The van der Waals surface area contributed by atoms with E-state index in [2.05, 4.69) is 0 Å². The molecule has 1 amide bonds. The first kappa shape index (κ1) is 14.7. The third-order valence-electron chi connectivity index (χ3n) is 2.86. The summed E-state index contributed by atoms with van der Waals surface area (Å²) in [4.78, 5) is 15.0.